The lowest BCUT2D eigenvalue weighted by atomic mass is 9.94. The summed E-state index contributed by atoms with van der Waals surface area (Å²) in [5, 5.41) is 4.08. The molecule has 5 rings (SSSR count). The molecule has 3 fully saturated rings. The van der Waals surface area contributed by atoms with Crippen molar-refractivity contribution in [2.75, 3.05) is 19.6 Å². The highest BCUT2D eigenvalue weighted by Gasteiger charge is 2.38. The molecule has 2 atom stereocenters. The van der Waals surface area contributed by atoms with Crippen LogP contribution < -0.4 is 0 Å². The van der Waals surface area contributed by atoms with Gasteiger partial charge in [-0.1, -0.05) is 11.2 Å². The number of nitrogens with zero attached hydrogens (tertiary/aromatic N) is 4. The van der Waals surface area contributed by atoms with Gasteiger partial charge in [-0.2, -0.15) is 0 Å². The molecule has 0 spiro atoms. The average Bonchev–Trinajstić information content (AvgIpc) is 2.81. The van der Waals surface area contributed by atoms with Crippen LogP contribution in [0.15, 0.2) is 22.7 Å². The molecule has 1 amide bonds. The standard InChI is InChI=1S/C20H26N4O2/c1-13-5-4-6-19(21-13)20(25)24-10-16-7-8-17(24)11-23(9-16)12-18-14(2)22-26-15(18)3/h4-6,16-17H,7-12H2,1-3H3/t16-,17+/m0/s1. The van der Waals surface area contributed by atoms with Crippen molar-refractivity contribution in [1.29, 1.82) is 0 Å². The van der Waals surface area contributed by atoms with E-state index in [2.05, 4.69) is 19.9 Å². The predicted octanol–water partition coefficient (Wildman–Crippen LogP) is 2.73. The molecule has 0 N–H and O–H groups in total. The number of piperidine rings is 1. The second-order valence-electron chi connectivity index (χ2n) is 7.72. The van der Waals surface area contributed by atoms with Crippen molar-refractivity contribution in [1.82, 2.24) is 19.9 Å². The zero-order chi connectivity index (χ0) is 18.3. The highest BCUT2D eigenvalue weighted by atomic mass is 16.5. The van der Waals surface area contributed by atoms with Gasteiger partial charge in [-0.15, -0.1) is 0 Å². The molecule has 138 valence electrons. The van der Waals surface area contributed by atoms with Crippen molar-refractivity contribution in [3.05, 3.63) is 46.6 Å². The van der Waals surface area contributed by atoms with Crippen molar-refractivity contribution in [2.45, 2.75) is 46.2 Å². The first-order valence-corrected chi connectivity index (χ1v) is 9.40. The molecule has 2 bridgehead atoms. The number of carbonyl (C=O) groups excluding carboxylic acids is 1. The third kappa shape index (κ3) is 3.26. The minimum Gasteiger partial charge on any atom is -0.361 e. The van der Waals surface area contributed by atoms with Gasteiger partial charge in [-0.05, 0) is 51.7 Å². The molecule has 2 aromatic heterocycles. The monoisotopic (exact) mass is 354 g/mol. The predicted molar refractivity (Wildman–Crippen MR) is 97.8 cm³/mol. The van der Waals surface area contributed by atoms with Crippen LogP contribution in [0.25, 0.3) is 0 Å². The highest BCUT2D eigenvalue weighted by Crippen LogP contribution is 2.30. The van der Waals surface area contributed by atoms with E-state index in [1.165, 1.54) is 12.0 Å². The number of fused-ring (bicyclic) bond motifs is 4. The Morgan fingerprint density at radius 1 is 1.19 bits per heavy atom. The van der Waals surface area contributed by atoms with Crippen molar-refractivity contribution >= 4 is 5.91 Å². The summed E-state index contributed by atoms with van der Waals surface area (Å²) in [6.07, 6.45) is 2.26. The van der Waals surface area contributed by atoms with Crippen LogP contribution >= 0.6 is 0 Å². The molecule has 5 heterocycles. The lowest BCUT2D eigenvalue weighted by Gasteiger charge is -2.36. The summed E-state index contributed by atoms with van der Waals surface area (Å²) in [5.74, 6) is 1.49. The fourth-order valence-corrected chi connectivity index (χ4v) is 4.32. The number of rotatable bonds is 3. The van der Waals surface area contributed by atoms with Crippen LogP contribution in [0.3, 0.4) is 0 Å². The van der Waals surface area contributed by atoms with Gasteiger partial charge in [0.05, 0.1) is 5.69 Å². The first-order valence-electron chi connectivity index (χ1n) is 9.40. The van der Waals surface area contributed by atoms with E-state index in [9.17, 15) is 4.79 Å². The zero-order valence-electron chi connectivity index (χ0n) is 15.7. The maximum atomic E-state index is 13.0. The molecule has 6 heteroatoms. The van der Waals surface area contributed by atoms with Gasteiger partial charge in [0.2, 0.25) is 0 Å². The molecular weight excluding hydrogens is 328 g/mol. The number of carbonyl (C=O) groups is 1. The van der Waals surface area contributed by atoms with E-state index in [4.69, 9.17) is 4.52 Å². The first-order chi connectivity index (χ1) is 12.5. The molecule has 0 radical (unpaired) electrons. The Balaban J connectivity index is 1.52. The Morgan fingerprint density at radius 2 is 2.04 bits per heavy atom. The maximum absolute atomic E-state index is 13.0. The Labute approximate surface area is 154 Å². The topological polar surface area (TPSA) is 62.5 Å². The summed E-state index contributed by atoms with van der Waals surface area (Å²) in [6, 6.07) is 5.92. The van der Waals surface area contributed by atoms with E-state index >= 15 is 0 Å². The fourth-order valence-electron chi connectivity index (χ4n) is 4.32. The number of aromatic nitrogens is 2. The SMILES string of the molecule is Cc1cccc(C(=O)N2C[C@H]3CC[C@@H]2CN(Cc2c(C)noc2C)C3)n1. The third-order valence-corrected chi connectivity index (χ3v) is 5.72. The summed E-state index contributed by atoms with van der Waals surface area (Å²) in [5.41, 5.74) is 3.60. The minimum absolute atomic E-state index is 0.0718. The normalized spacial score (nSPS) is 23.3. The molecule has 0 aromatic carbocycles. The molecule has 26 heavy (non-hydrogen) atoms. The van der Waals surface area contributed by atoms with E-state index < -0.39 is 0 Å². The van der Waals surface area contributed by atoms with Crippen LogP contribution in [0.4, 0.5) is 0 Å². The van der Waals surface area contributed by atoms with Gasteiger partial charge in [-0.3, -0.25) is 9.69 Å². The average molecular weight is 354 g/mol. The summed E-state index contributed by atoms with van der Waals surface area (Å²) in [4.78, 5) is 22.0. The van der Waals surface area contributed by atoms with Crippen LogP contribution in [0.1, 0.15) is 46.0 Å². The molecule has 3 aliphatic rings. The van der Waals surface area contributed by atoms with Crippen LogP contribution in [0, 0.1) is 26.7 Å². The zero-order valence-corrected chi connectivity index (χ0v) is 15.7. The van der Waals surface area contributed by atoms with Crippen molar-refractivity contribution < 1.29 is 9.32 Å². The Morgan fingerprint density at radius 3 is 2.77 bits per heavy atom. The summed E-state index contributed by atoms with van der Waals surface area (Å²) in [7, 11) is 0. The quantitative estimate of drug-likeness (QED) is 0.848. The van der Waals surface area contributed by atoms with Crippen molar-refractivity contribution in [3.63, 3.8) is 0 Å². The maximum Gasteiger partial charge on any atom is 0.272 e. The molecule has 6 nitrogen and oxygen atoms in total. The van der Waals surface area contributed by atoms with Crippen molar-refractivity contribution in [3.8, 4) is 0 Å². The van der Waals surface area contributed by atoms with E-state index in [1.807, 2.05) is 39.0 Å². The summed E-state index contributed by atoms with van der Waals surface area (Å²) >= 11 is 0. The second-order valence-corrected chi connectivity index (χ2v) is 7.72. The number of hydrogen-bond donors (Lipinski definition) is 0. The third-order valence-electron chi connectivity index (χ3n) is 5.72. The van der Waals surface area contributed by atoms with Crippen molar-refractivity contribution in [2.24, 2.45) is 5.92 Å². The smallest absolute Gasteiger partial charge is 0.272 e. The number of amides is 1. The lowest BCUT2D eigenvalue weighted by molar-refractivity contribution is 0.0578. The Bertz CT molecular complexity index is 796. The van der Waals surface area contributed by atoms with Gasteiger partial charge < -0.3 is 9.42 Å². The Hall–Kier alpha value is -2.21. The van der Waals surface area contributed by atoms with Gasteiger partial charge >= 0.3 is 0 Å². The van der Waals surface area contributed by atoms with Gasteiger partial charge in [-0.25, -0.2) is 4.98 Å². The number of aryl methyl sites for hydroxylation is 3. The second kappa shape index (κ2) is 6.83. The van der Waals surface area contributed by atoms with E-state index in [0.717, 1.165) is 49.7 Å². The van der Waals surface area contributed by atoms with Crippen LogP contribution in [-0.4, -0.2) is 51.5 Å². The molecule has 0 saturated carbocycles. The number of pyridine rings is 1. The lowest BCUT2D eigenvalue weighted by Crippen LogP contribution is -2.47. The van der Waals surface area contributed by atoms with Gasteiger partial charge in [0.15, 0.2) is 0 Å². The van der Waals surface area contributed by atoms with E-state index in [0.29, 0.717) is 11.6 Å². The largest absolute Gasteiger partial charge is 0.361 e. The highest BCUT2D eigenvalue weighted by molar-refractivity contribution is 5.92. The molecule has 0 unspecified atom stereocenters. The number of hydrogen-bond acceptors (Lipinski definition) is 5. The van der Waals surface area contributed by atoms with Gasteiger partial charge in [0, 0.05) is 43.5 Å². The molecule has 2 aromatic rings. The summed E-state index contributed by atoms with van der Waals surface area (Å²) < 4.78 is 5.32. The van der Waals surface area contributed by atoms with Gasteiger partial charge in [0.25, 0.3) is 5.91 Å². The van der Waals surface area contributed by atoms with E-state index in [1.54, 1.807) is 0 Å². The van der Waals surface area contributed by atoms with Crippen LogP contribution in [0.5, 0.6) is 0 Å². The first kappa shape index (κ1) is 17.2. The molecule has 0 aliphatic carbocycles. The Kier molecular flexibility index (Phi) is 4.53. The minimum atomic E-state index is 0.0718. The van der Waals surface area contributed by atoms with Crippen LogP contribution in [0.2, 0.25) is 0 Å². The molecular formula is C20H26N4O2. The summed E-state index contributed by atoms with van der Waals surface area (Å²) in [6.45, 7) is 9.50. The molecule has 3 aliphatic heterocycles. The fraction of sp³-hybridized carbons (Fsp3) is 0.550. The van der Waals surface area contributed by atoms with E-state index in [-0.39, 0.29) is 11.9 Å². The molecule has 3 saturated heterocycles. The van der Waals surface area contributed by atoms with Gasteiger partial charge in [0.1, 0.15) is 11.5 Å². The van der Waals surface area contributed by atoms with Crippen LogP contribution in [-0.2, 0) is 6.54 Å².